The molecule has 11 N–H and O–H groups in total. The van der Waals surface area contributed by atoms with Gasteiger partial charge in [0.2, 0.25) is 5.91 Å². The molecular formula is C91H89N13O11. The fourth-order valence-corrected chi connectivity index (χ4v) is 12.6. The number of aryl methyl sites for hydroxylation is 4. The van der Waals surface area contributed by atoms with Gasteiger partial charge >= 0.3 is 0 Å². The van der Waals surface area contributed by atoms with Gasteiger partial charge in [-0.05, 0) is 160 Å². The van der Waals surface area contributed by atoms with Crippen LogP contribution >= 0.6 is 0 Å². The van der Waals surface area contributed by atoms with Gasteiger partial charge in [-0.3, -0.25) is 44.4 Å². The number of furan rings is 1. The van der Waals surface area contributed by atoms with Crippen molar-refractivity contribution < 1.29 is 52.4 Å². The Labute approximate surface area is 663 Å². The molecule has 0 radical (unpaired) electrons. The van der Waals surface area contributed by atoms with Crippen LogP contribution in [0.15, 0.2) is 199 Å². The molecule has 15 rings (SSSR count). The number of ether oxygens (including phenoxy) is 4. The number of aliphatic hydroxyl groups excluding tert-OH is 1. The number of amides is 5. The fraction of sp³-hybridized carbons (Fsp3) is 0.176. The van der Waals surface area contributed by atoms with Gasteiger partial charge in [-0.1, -0.05) is 174 Å². The summed E-state index contributed by atoms with van der Waals surface area (Å²) in [6.45, 7) is 9.82. The fourth-order valence-electron chi connectivity index (χ4n) is 12.6. The largest absolute Gasteiger partial charge is 0.495 e. The van der Waals surface area contributed by atoms with Crippen molar-refractivity contribution in [2.45, 2.75) is 72.1 Å². The van der Waals surface area contributed by atoms with E-state index in [1.807, 2.05) is 141 Å². The van der Waals surface area contributed by atoms with E-state index in [1.165, 1.54) is 43.4 Å². The number of carbonyl (C=O) groups is 5. The Morgan fingerprint density at radius 1 is 0.443 bits per heavy atom. The quantitative estimate of drug-likeness (QED) is 0.0269. The number of nitrogens with one attached hydrogen (secondary N) is 8. The summed E-state index contributed by atoms with van der Waals surface area (Å²) in [6.07, 6.45) is 19.3. The second-order valence-corrected chi connectivity index (χ2v) is 27.4. The minimum absolute atomic E-state index is 0.0964. The highest BCUT2D eigenvalue weighted by Crippen LogP contribution is 2.37. The van der Waals surface area contributed by atoms with Crippen LogP contribution in [0.4, 0.5) is 0 Å². The van der Waals surface area contributed by atoms with Crippen molar-refractivity contribution in [1.29, 1.82) is 0 Å². The number of primary amides is 1. The van der Waals surface area contributed by atoms with Gasteiger partial charge in [-0.15, -0.1) is 0 Å². The SMILES string of the molecule is COc1c(C(=O)NC2CC2)ccc2n[nH]c(/C=C/c3ccc(C)cc3)c12.COc1c(C(=O)NCc2ccco2)ccc2n[nH]c(/C=C/c3ccc(C)cc3)c12.COc1c(C(=O)N[C@@H](C)C(N)=O)ccc2n[nH]c(/C=C/c3ccc(C)cc3)c12.COc1c(C(=O)N[C@H](CO)c2ccccc2)ccc2n[nH]c(/C=C/c3ccc(C)cc3)c12. The van der Waals surface area contributed by atoms with E-state index in [9.17, 15) is 29.1 Å². The molecular weight excluding hydrogens is 1450 g/mol. The van der Waals surface area contributed by atoms with Crippen LogP contribution in [0, 0.1) is 27.7 Å². The molecule has 2 atom stereocenters. The third-order valence-electron chi connectivity index (χ3n) is 19.1. The van der Waals surface area contributed by atoms with Gasteiger partial charge in [0.15, 0.2) is 0 Å². The number of aliphatic hydroxyl groups is 1. The molecule has 0 unspecified atom stereocenters. The first-order chi connectivity index (χ1) is 55.8. The number of H-pyrrole nitrogens is 4. The summed E-state index contributed by atoms with van der Waals surface area (Å²) in [6, 6.07) is 58.7. The van der Waals surface area contributed by atoms with Crippen molar-refractivity contribution in [1.82, 2.24) is 62.1 Å². The zero-order chi connectivity index (χ0) is 81.1. The van der Waals surface area contributed by atoms with Gasteiger partial charge in [0, 0.05) is 6.04 Å². The number of nitrogens with two attached hydrogens (primary N) is 1. The monoisotopic (exact) mass is 1540 g/mol. The van der Waals surface area contributed by atoms with Gasteiger partial charge in [0.05, 0.1) is 143 Å². The first-order valence-electron chi connectivity index (χ1n) is 37.2. The minimum Gasteiger partial charge on any atom is -0.495 e. The summed E-state index contributed by atoms with van der Waals surface area (Å²) in [4.78, 5) is 62.2. The minimum atomic E-state index is -0.793. The van der Waals surface area contributed by atoms with Gasteiger partial charge < -0.3 is 55.5 Å². The van der Waals surface area contributed by atoms with Crippen LogP contribution in [0.3, 0.4) is 0 Å². The van der Waals surface area contributed by atoms with E-state index in [0.29, 0.717) is 85.7 Å². The Bertz CT molecular complexity index is 5880. The lowest BCUT2D eigenvalue weighted by Gasteiger charge is -2.18. The Morgan fingerprint density at radius 2 is 0.783 bits per heavy atom. The zero-order valence-corrected chi connectivity index (χ0v) is 65.1. The van der Waals surface area contributed by atoms with Crippen LogP contribution in [0.5, 0.6) is 23.0 Å². The third kappa shape index (κ3) is 19.9. The molecule has 24 nitrogen and oxygen atoms in total. The van der Waals surface area contributed by atoms with E-state index < -0.39 is 23.9 Å². The summed E-state index contributed by atoms with van der Waals surface area (Å²) in [5.41, 5.74) is 22.7. The molecule has 1 aliphatic rings. The zero-order valence-electron chi connectivity index (χ0n) is 65.1. The number of benzene rings is 9. The number of methoxy groups -OCH3 is 4. The summed E-state index contributed by atoms with van der Waals surface area (Å²) >= 11 is 0. The Kier molecular flexibility index (Phi) is 26.2. The molecule has 1 fully saturated rings. The number of hydrogen-bond acceptors (Lipinski definition) is 15. The van der Waals surface area contributed by atoms with Crippen molar-refractivity contribution in [3.8, 4) is 23.0 Å². The maximum absolute atomic E-state index is 13.1. The molecule has 24 heteroatoms. The summed E-state index contributed by atoms with van der Waals surface area (Å²) in [5.74, 6) is 0.805. The van der Waals surface area contributed by atoms with E-state index in [1.54, 1.807) is 69.0 Å². The Balaban J connectivity index is 0.000000142. The molecule has 115 heavy (non-hydrogen) atoms. The third-order valence-corrected chi connectivity index (χ3v) is 19.1. The first kappa shape index (κ1) is 80.1. The lowest BCUT2D eigenvalue weighted by molar-refractivity contribution is -0.119. The standard InChI is InChI=1S/C26H25N3O3.C23H21N3O3.C21H22N4O3.C21H21N3O2/c1-17-8-10-18(11-9-17)12-14-21-24-22(29-28-21)15-13-20(25(24)32-2)26(31)27-23(16-30)19-6-4-3-5-7-19;1-15-5-7-16(8-6-15)9-11-19-21-20(26-25-19)12-10-18(22(21)28-2)23(27)24-14-17-4-3-13-29-17;1-12-4-6-14(7-5-12)8-10-16-18-17(25-24-16)11-9-15(19(18)28-3)21(27)23-13(2)20(22)26;1-13-3-5-14(6-4-13)7-11-17-19-18(24-23-17)12-10-16(20(19)26-2)21(25)22-15-8-9-15/h3-15,23,30H,16H2,1-2H3,(H,27,31)(H,28,29);3-13H,14H2,1-2H3,(H,24,27)(H,25,26);4-11,13H,1-3H3,(H2,22,26)(H,23,27)(H,24,25);3-7,10-12,15H,8-9H2,1-2H3,(H,22,25)(H,23,24)/b14-12+;11-9+;10-8+;11-7+/t23-;;13-;/m1.0./s1. The molecule has 1 aliphatic carbocycles. The van der Waals surface area contributed by atoms with E-state index in [0.717, 1.165) is 84.9 Å². The lowest BCUT2D eigenvalue weighted by Crippen LogP contribution is -2.42. The highest BCUT2D eigenvalue weighted by atomic mass is 16.5. The number of nitrogens with zero attached hydrogens (tertiary/aromatic N) is 4. The Hall–Kier alpha value is -14.4. The molecule has 5 amide bonds. The molecule has 9 aromatic carbocycles. The van der Waals surface area contributed by atoms with Crippen LogP contribution in [0.25, 0.3) is 92.2 Å². The molecule has 0 bridgehead atoms. The summed E-state index contributed by atoms with van der Waals surface area (Å²) in [5, 5.41) is 53.5. The Morgan fingerprint density at radius 3 is 1.10 bits per heavy atom. The second kappa shape index (κ2) is 37.5. The van der Waals surface area contributed by atoms with E-state index >= 15 is 0 Å². The van der Waals surface area contributed by atoms with Gasteiger partial charge in [0.25, 0.3) is 23.6 Å². The van der Waals surface area contributed by atoms with Crippen molar-refractivity contribution >= 4 is 122 Å². The van der Waals surface area contributed by atoms with Crippen LogP contribution in [-0.2, 0) is 11.3 Å². The maximum Gasteiger partial charge on any atom is 0.255 e. The first-order valence-corrected chi connectivity index (χ1v) is 37.2. The number of hydrogen-bond donors (Lipinski definition) is 10. The number of rotatable bonds is 24. The summed E-state index contributed by atoms with van der Waals surface area (Å²) in [7, 11) is 6.16. The van der Waals surface area contributed by atoms with Crippen LogP contribution in [-0.4, -0.2) is 123 Å². The van der Waals surface area contributed by atoms with E-state index in [-0.39, 0.29) is 24.3 Å². The van der Waals surface area contributed by atoms with Crippen molar-refractivity contribution in [3.05, 3.63) is 295 Å². The van der Waals surface area contributed by atoms with E-state index in [4.69, 9.17) is 29.1 Å². The molecule has 0 spiro atoms. The van der Waals surface area contributed by atoms with Gasteiger partial charge in [-0.2, -0.15) is 20.4 Å². The molecule has 0 aliphatic heterocycles. The topological polar surface area (TPSA) is 344 Å². The average molecular weight is 1540 g/mol. The number of fused-ring (bicyclic) bond motifs is 4. The molecule has 14 aromatic rings. The lowest BCUT2D eigenvalue weighted by atomic mass is 10.0. The van der Waals surface area contributed by atoms with Crippen LogP contribution < -0.4 is 45.9 Å². The van der Waals surface area contributed by atoms with Crippen molar-refractivity contribution in [3.63, 3.8) is 0 Å². The highest BCUT2D eigenvalue weighted by Gasteiger charge is 2.28. The van der Waals surface area contributed by atoms with Gasteiger partial charge in [-0.25, -0.2) is 0 Å². The predicted molar refractivity (Wildman–Crippen MR) is 451 cm³/mol. The number of aromatic amines is 4. The normalized spacial score (nSPS) is 12.4. The van der Waals surface area contributed by atoms with Crippen LogP contribution in [0.2, 0.25) is 0 Å². The average Bonchev–Trinajstić information content (AvgIpc) is 1.68. The van der Waals surface area contributed by atoms with Crippen LogP contribution in [0.1, 0.15) is 146 Å². The predicted octanol–water partition coefficient (Wildman–Crippen LogP) is 15.7. The number of aromatic nitrogens is 8. The highest BCUT2D eigenvalue weighted by molar-refractivity contribution is 6.09. The molecule has 5 heterocycles. The smallest absolute Gasteiger partial charge is 0.255 e. The van der Waals surface area contributed by atoms with E-state index in [2.05, 4.69) is 137 Å². The van der Waals surface area contributed by atoms with Crippen molar-refractivity contribution in [2.75, 3.05) is 35.0 Å². The molecule has 1 saturated carbocycles. The summed E-state index contributed by atoms with van der Waals surface area (Å²) < 4.78 is 27.6. The van der Waals surface area contributed by atoms with Gasteiger partial charge in [0.1, 0.15) is 34.8 Å². The van der Waals surface area contributed by atoms with Crippen molar-refractivity contribution in [2.24, 2.45) is 5.73 Å². The maximum atomic E-state index is 13.1. The molecule has 5 aromatic heterocycles. The number of carbonyl (C=O) groups excluding carboxylic acids is 5. The second-order valence-electron chi connectivity index (χ2n) is 27.4. The molecule has 584 valence electrons. The molecule has 0 saturated heterocycles.